The summed E-state index contributed by atoms with van der Waals surface area (Å²) in [5.41, 5.74) is -0.371. The molecule has 1 aliphatic heterocycles. The van der Waals surface area contributed by atoms with E-state index >= 15 is 0 Å². The lowest BCUT2D eigenvalue weighted by Gasteiger charge is -2.23. The van der Waals surface area contributed by atoms with Gasteiger partial charge in [0.05, 0.1) is 11.7 Å². The Morgan fingerprint density at radius 2 is 1.95 bits per heavy atom. The minimum absolute atomic E-state index is 0.188. The maximum atomic E-state index is 12.4. The standard InChI is InChI=1S/C15H30N2O2/c1-5-8-11-19-12-9-10-17-13(6-2)16-15(4,7-3)14(17)18/h13,16H,5-12H2,1-4H3. The number of hydrogen-bond donors (Lipinski definition) is 1. The van der Waals surface area contributed by atoms with E-state index in [1.165, 1.54) is 6.42 Å². The number of nitrogens with one attached hydrogen (secondary N) is 1. The molecule has 112 valence electrons. The van der Waals surface area contributed by atoms with Crippen LogP contribution in [0.5, 0.6) is 0 Å². The molecule has 0 aromatic heterocycles. The molecule has 1 saturated heterocycles. The Labute approximate surface area is 117 Å². The molecule has 1 heterocycles. The summed E-state index contributed by atoms with van der Waals surface area (Å²) in [5.74, 6) is 0.246. The Morgan fingerprint density at radius 3 is 2.53 bits per heavy atom. The van der Waals surface area contributed by atoms with Gasteiger partial charge in [-0.1, -0.05) is 27.2 Å². The SMILES string of the molecule is CCCCOCCCN1C(=O)C(C)(CC)NC1CC. The zero-order valence-corrected chi connectivity index (χ0v) is 13.0. The van der Waals surface area contributed by atoms with Crippen LogP contribution in [0.2, 0.25) is 0 Å². The number of rotatable bonds is 9. The van der Waals surface area contributed by atoms with E-state index in [0.717, 1.165) is 45.4 Å². The van der Waals surface area contributed by atoms with E-state index in [2.05, 4.69) is 26.1 Å². The maximum absolute atomic E-state index is 12.4. The van der Waals surface area contributed by atoms with Gasteiger partial charge < -0.3 is 9.64 Å². The van der Waals surface area contributed by atoms with Crippen molar-refractivity contribution in [1.29, 1.82) is 0 Å². The highest BCUT2D eigenvalue weighted by atomic mass is 16.5. The van der Waals surface area contributed by atoms with Crippen LogP contribution in [-0.4, -0.2) is 42.3 Å². The van der Waals surface area contributed by atoms with Crippen LogP contribution in [0.4, 0.5) is 0 Å². The molecule has 0 radical (unpaired) electrons. The van der Waals surface area contributed by atoms with E-state index in [0.29, 0.717) is 0 Å². The molecule has 0 aromatic carbocycles. The van der Waals surface area contributed by atoms with Crippen LogP contribution in [-0.2, 0) is 9.53 Å². The van der Waals surface area contributed by atoms with E-state index < -0.39 is 0 Å². The van der Waals surface area contributed by atoms with Crippen molar-refractivity contribution in [3.8, 4) is 0 Å². The third kappa shape index (κ3) is 4.18. The van der Waals surface area contributed by atoms with Crippen LogP contribution < -0.4 is 5.32 Å². The average Bonchev–Trinajstić information content (AvgIpc) is 2.67. The van der Waals surface area contributed by atoms with Crippen molar-refractivity contribution >= 4 is 5.91 Å². The third-order valence-corrected chi connectivity index (χ3v) is 4.02. The molecule has 2 atom stereocenters. The van der Waals surface area contributed by atoms with E-state index in [1.54, 1.807) is 0 Å². The van der Waals surface area contributed by atoms with Gasteiger partial charge in [-0.2, -0.15) is 0 Å². The van der Waals surface area contributed by atoms with Gasteiger partial charge in [-0.15, -0.1) is 0 Å². The highest BCUT2D eigenvalue weighted by Gasteiger charge is 2.45. The molecule has 4 heteroatoms. The van der Waals surface area contributed by atoms with Crippen LogP contribution in [0.1, 0.15) is 59.8 Å². The van der Waals surface area contributed by atoms with E-state index in [-0.39, 0.29) is 17.6 Å². The Hall–Kier alpha value is -0.610. The molecule has 19 heavy (non-hydrogen) atoms. The van der Waals surface area contributed by atoms with Gasteiger partial charge in [0, 0.05) is 19.8 Å². The molecule has 1 aliphatic rings. The van der Waals surface area contributed by atoms with Gasteiger partial charge in [0.2, 0.25) is 5.91 Å². The summed E-state index contributed by atoms with van der Waals surface area (Å²) in [4.78, 5) is 14.4. The fraction of sp³-hybridized carbons (Fsp3) is 0.933. The Kier molecular flexibility index (Phi) is 6.80. The first-order valence-corrected chi connectivity index (χ1v) is 7.75. The molecule has 0 spiro atoms. The van der Waals surface area contributed by atoms with Gasteiger partial charge in [0.1, 0.15) is 0 Å². The summed E-state index contributed by atoms with van der Waals surface area (Å²) < 4.78 is 5.56. The molecule has 0 bridgehead atoms. The molecule has 2 unspecified atom stereocenters. The summed E-state index contributed by atoms with van der Waals surface area (Å²) in [6, 6.07) is 0. The smallest absolute Gasteiger partial charge is 0.243 e. The lowest BCUT2D eigenvalue weighted by atomic mass is 9.99. The minimum Gasteiger partial charge on any atom is -0.381 e. The largest absolute Gasteiger partial charge is 0.381 e. The second-order valence-electron chi connectivity index (χ2n) is 5.57. The molecule has 4 nitrogen and oxygen atoms in total. The topological polar surface area (TPSA) is 41.6 Å². The number of carbonyl (C=O) groups excluding carboxylic acids is 1. The van der Waals surface area contributed by atoms with E-state index in [9.17, 15) is 4.79 Å². The number of amides is 1. The summed E-state index contributed by atoms with van der Waals surface area (Å²) in [5, 5.41) is 3.46. The molecule has 1 rings (SSSR count). The van der Waals surface area contributed by atoms with Gasteiger partial charge in [-0.3, -0.25) is 10.1 Å². The van der Waals surface area contributed by atoms with Crippen LogP contribution in [0.3, 0.4) is 0 Å². The van der Waals surface area contributed by atoms with Gasteiger partial charge in [0.25, 0.3) is 0 Å². The van der Waals surface area contributed by atoms with E-state index in [4.69, 9.17) is 4.74 Å². The van der Waals surface area contributed by atoms with Crippen molar-refractivity contribution in [2.75, 3.05) is 19.8 Å². The number of unbranched alkanes of at least 4 members (excludes halogenated alkanes) is 1. The lowest BCUT2D eigenvalue weighted by molar-refractivity contribution is -0.133. The molecule has 1 fully saturated rings. The van der Waals surface area contributed by atoms with Crippen molar-refractivity contribution in [2.24, 2.45) is 0 Å². The molecular formula is C15H30N2O2. The van der Waals surface area contributed by atoms with Crippen molar-refractivity contribution in [1.82, 2.24) is 10.2 Å². The zero-order valence-electron chi connectivity index (χ0n) is 13.0. The van der Waals surface area contributed by atoms with Crippen LogP contribution in [0.15, 0.2) is 0 Å². The summed E-state index contributed by atoms with van der Waals surface area (Å²) in [7, 11) is 0. The van der Waals surface area contributed by atoms with Gasteiger partial charge in [0.15, 0.2) is 0 Å². The second kappa shape index (κ2) is 7.85. The quantitative estimate of drug-likeness (QED) is 0.655. The molecule has 0 saturated carbocycles. The molecule has 1 N–H and O–H groups in total. The first-order chi connectivity index (χ1) is 9.09. The van der Waals surface area contributed by atoms with Crippen LogP contribution in [0.25, 0.3) is 0 Å². The zero-order chi connectivity index (χ0) is 14.3. The highest BCUT2D eigenvalue weighted by molar-refractivity contribution is 5.88. The highest BCUT2D eigenvalue weighted by Crippen LogP contribution is 2.24. The predicted octanol–water partition coefficient (Wildman–Crippen LogP) is 2.53. The van der Waals surface area contributed by atoms with Crippen LogP contribution in [0, 0.1) is 0 Å². The number of hydrogen-bond acceptors (Lipinski definition) is 3. The second-order valence-corrected chi connectivity index (χ2v) is 5.57. The number of nitrogens with zero attached hydrogens (tertiary/aromatic N) is 1. The first kappa shape index (κ1) is 16.4. The molecule has 0 aliphatic carbocycles. The van der Waals surface area contributed by atoms with Crippen LogP contribution >= 0.6 is 0 Å². The number of carbonyl (C=O) groups is 1. The van der Waals surface area contributed by atoms with Gasteiger partial charge >= 0.3 is 0 Å². The van der Waals surface area contributed by atoms with Crippen molar-refractivity contribution < 1.29 is 9.53 Å². The normalized spacial score (nSPS) is 27.3. The van der Waals surface area contributed by atoms with E-state index in [1.807, 2.05) is 11.8 Å². The van der Waals surface area contributed by atoms with Crippen molar-refractivity contribution in [3.05, 3.63) is 0 Å². The number of ether oxygens (including phenoxy) is 1. The molecular weight excluding hydrogens is 240 g/mol. The fourth-order valence-electron chi connectivity index (χ4n) is 2.48. The van der Waals surface area contributed by atoms with Crippen molar-refractivity contribution in [2.45, 2.75) is 71.5 Å². The minimum atomic E-state index is -0.371. The Balaban J connectivity index is 2.37. The van der Waals surface area contributed by atoms with Gasteiger partial charge in [-0.05, 0) is 32.6 Å². The molecule has 0 aromatic rings. The van der Waals surface area contributed by atoms with Crippen molar-refractivity contribution in [3.63, 3.8) is 0 Å². The summed E-state index contributed by atoms with van der Waals surface area (Å²) in [6.45, 7) is 10.7. The predicted molar refractivity (Wildman–Crippen MR) is 78.0 cm³/mol. The third-order valence-electron chi connectivity index (χ3n) is 4.02. The van der Waals surface area contributed by atoms with Gasteiger partial charge in [-0.25, -0.2) is 0 Å². The fourth-order valence-corrected chi connectivity index (χ4v) is 2.48. The Morgan fingerprint density at radius 1 is 1.26 bits per heavy atom. The Bertz CT molecular complexity index is 283. The maximum Gasteiger partial charge on any atom is 0.243 e. The molecule has 1 amide bonds. The summed E-state index contributed by atoms with van der Waals surface area (Å²) in [6.07, 6.45) is 5.20. The summed E-state index contributed by atoms with van der Waals surface area (Å²) >= 11 is 0. The lowest BCUT2D eigenvalue weighted by Crippen LogP contribution is -2.43. The first-order valence-electron chi connectivity index (χ1n) is 7.75. The average molecular weight is 270 g/mol. The monoisotopic (exact) mass is 270 g/mol.